The Bertz CT molecular complexity index is 946. The molecule has 1 aromatic carbocycles. The van der Waals surface area contributed by atoms with Gasteiger partial charge in [-0.15, -0.1) is 0 Å². The molecule has 10 heteroatoms. The van der Waals surface area contributed by atoms with Gasteiger partial charge in [-0.05, 0) is 50.4 Å². The Labute approximate surface area is 214 Å². The molecular formula is C25H34BrN5O4. The van der Waals surface area contributed by atoms with Crippen LogP contribution < -0.4 is 16.0 Å². The lowest BCUT2D eigenvalue weighted by molar-refractivity contribution is -0.139. The van der Waals surface area contributed by atoms with Gasteiger partial charge in [0.2, 0.25) is 23.6 Å². The van der Waals surface area contributed by atoms with Crippen LogP contribution in [-0.4, -0.2) is 65.6 Å². The third kappa shape index (κ3) is 7.63. The monoisotopic (exact) mass is 547 g/mol. The number of rotatable bonds is 9. The fourth-order valence-corrected chi connectivity index (χ4v) is 4.54. The average Bonchev–Trinajstić information content (AvgIpc) is 2.87. The van der Waals surface area contributed by atoms with Crippen molar-refractivity contribution in [3.8, 4) is 0 Å². The SMILES string of the molecule is CN[C@@H](C)C(=O)N[C@H](C(=O)NCC(=O)N1C=CN(Cc2ccc(Br)cc2)C(=O)C1)C1CCCCC1. The van der Waals surface area contributed by atoms with Crippen LogP contribution in [0.5, 0.6) is 0 Å². The maximum Gasteiger partial charge on any atom is 0.246 e. The van der Waals surface area contributed by atoms with E-state index in [2.05, 4.69) is 31.9 Å². The molecule has 1 aliphatic carbocycles. The van der Waals surface area contributed by atoms with Gasteiger partial charge in [0.1, 0.15) is 12.6 Å². The van der Waals surface area contributed by atoms with Crippen molar-refractivity contribution in [2.75, 3.05) is 20.1 Å². The molecule has 3 N–H and O–H groups in total. The molecular weight excluding hydrogens is 514 g/mol. The van der Waals surface area contributed by atoms with Crippen LogP contribution in [0, 0.1) is 5.92 Å². The van der Waals surface area contributed by atoms with Crippen molar-refractivity contribution in [2.45, 2.75) is 57.7 Å². The highest BCUT2D eigenvalue weighted by Gasteiger charge is 2.32. The number of nitrogens with zero attached hydrogens (tertiary/aromatic N) is 2. The van der Waals surface area contributed by atoms with E-state index >= 15 is 0 Å². The van der Waals surface area contributed by atoms with Crippen LogP contribution >= 0.6 is 15.9 Å². The molecule has 35 heavy (non-hydrogen) atoms. The lowest BCUT2D eigenvalue weighted by Crippen LogP contribution is -2.56. The molecule has 2 atom stereocenters. The Morgan fingerprint density at radius 3 is 2.37 bits per heavy atom. The molecule has 0 bridgehead atoms. The lowest BCUT2D eigenvalue weighted by Gasteiger charge is -2.31. The number of likely N-dealkylation sites (N-methyl/N-ethyl adjacent to an activating group) is 1. The summed E-state index contributed by atoms with van der Waals surface area (Å²) in [4.78, 5) is 53.6. The summed E-state index contributed by atoms with van der Waals surface area (Å²) in [6, 6.07) is 6.56. The molecule has 0 unspecified atom stereocenters. The summed E-state index contributed by atoms with van der Waals surface area (Å²) in [6.45, 7) is 1.80. The Morgan fingerprint density at radius 1 is 1.06 bits per heavy atom. The summed E-state index contributed by atoms with van der Waals surface area (Å²) in [5.74, 6) is -1.17. The topological polar surface area (TPSA) is 111 Å². The van der Waals surface area contributed by atoms with Crippen molar-refractivity contribution in [2.24, 2.45) is 5.92 Å². The Hall–Kier alpha value is -2.72. The molecule has 190 valence electrons. The van der Waals surface area contributed by atoms with E-state index in [1.54, 1.807) is 31.3 Å². The Kier molecular flexibility index (Phi) is 9.85. The van der Waals surface area contributed by atoms with Crippen LogP contribution in [-0.2, 0) is 25.7 Å². The number of hydrogen-bond donors (Lipinski definition) is 3. The molecule has 4 amide bonds. The minimum absolute atomic E-state index is 0.0375. The second kappa shape index (κ2) is 12.8. The molecule has 0 aromatic heterocycles. The highest BCUT2D eigenvalue weighted by atomic mass is 79.9. The van der Waals surface area contributed by atoms with Crippen LogP contribution in [0.4, 0.5) is 0 Å². The fourth-order valence-electron chi connectivity index (χ4n) is 4.28. The van der Waals surface area contributed by atoms with Gasteiger partial charge in [-0.2, -0.15) is 0 Å². The molecule has 1 aliphatic heterocycles. The van der Waals surface area contributed by atoms with Gasteiger partial charge in [-0.25, -0.2) is 0 Å². The maximum absolute atomic E-state index is 13.0. The summed E-state index contributed by atoms with van der Waals surface area (Å²) < 4.78 is 0.961. The summed E-state index contributed by atoms with van der Waals surface area (Å²) in [7, 11) is 1.69. The molecule has 1 saturated carbocycles. The number of carbonyl (C=O) groups excluding carboxylic acids is 4. The van der Waals surface area contributed by atoms with E-state index in [0.29, 0.717) is 6.54 Å². The normalized spacial score (nSPS) is 18.2. The van der Waals surface area contributed by atoms with Crippen molar-refractivity contribution in [3.63, 3.8) is 0 Å². The molecule has 0 radical (unpaired) electrons. The summed E-state index contributed by atoms with van der Waals surface area (Å²) in [5.41, 5.74) is 0.974. The van der Waals surface area contributed by atoms with E-state index < -0.39 is 12.1 Å². The zero-order valence-electron chi connectivity index (χ0n) is 20.3. The maximum atomic E-state index is 13.0. The van der Waals surface area contributed by atoms with Crippen LogP contribution in [0.1, 0.15) is 44.6 Å². The van der Waals surface area contributed by atoms with Gasteiger partial charge < -0.3 is 25.8 Å². The summed E-state index contributed by atoms with van der Waals surface area (Å²) in [5, 5.41) is 8.43. The predicted octanol–water partition coefficient (Wildman–Crippen LogP) is 1.88. The molecule has 0 spiro atoms. The standard InChI is InChI=1S/C25H34BrN5O4/c1-17(27-2)24(34)29-23(19-6-4-3-5-7-19)25(35)28-14-21(32)31-13-12-30(22(33)16-31)15-18-8-10-20(26)11-9-18/h8-13,17,19,23,27H,3-7,14-16H2,1-2H3,(H,28,35)(H,29,34)/t17-,23-/m0/s1. The molecule has 0 saturated heterocycles. The van der Waals surface area contributed by atoms with Gasteiger partial charge in [0.15, 0.2) is 0 Å². The van der Waals surface area contributed by atoms with Gasteiger partial charge in [0.05, 0.1) is 19.1 Å². The van der Waals surface area contributed by atoms with E-state index in [9.17, 15) is 19.2 Å². The third-order valence-corrected chi connectivity index (χ3v) is 7.11. The quantitative estimate of drug-likeness (QED) is 0.437. The Morgan fingerprint density at radius 2 is 1.74 bits per heavy atom. The predicted molar refractivity (Wildman–Crippen MR) is 136 cm³/mol. The summed E-state index contributed by atoms with van der Waals surface area (Å²) >= 11 is 3.39. The third-order valence-electron chi connectivity index (χ3n) is 6.58. The van der Waals surface area contributed by atoms with Crippen LogP contribution in [0.3, 0.4) is 0 Å². The van der Waals surface area contributed by atoms with Crippen molar-refractivity contribution in [1.82, 2.24) is 25.8 Å². The van der Waals surface area contributed by atoms with E-state index in [4.69, 9.17) is 0 Å². The van der Waals surface area contributed by atoms with Crippen LogP contribution in [0.25, 0.3) is 0 Å². The number of halogens is 1. The first-order valence-corrected chi connectivity index (χ1v) is 12.8. The smallest absolute Gasteiger partial charge is 0.246 e. The second-order valence-corrected chi connectivity index (χ2v) is 10.00. The first kappa shape index (κ1) is 26.9. The summed E-state index contributed by atoms with van der Waals surface area (Å²) in [6.07, 6.45) is 8.01. The van der Waals surface area contributed by atoms with Crippen LogP contribution in [0.15, 0.2) is 41.1 Å². The fraction of sp³-hybridized carbons (Fsp3) is 0.520. The number of carbonyl (C=O) groups is 4. The number of hydrogen-bond acceptors (Lipinski definition) is 5. The molecule has 9 nitrogen and oxygen atoms in total. The molecule has 1 fully saturated rings. The van der Waals surface area contributed by atoms with Crippen molar-refractivity contribution in [1.29, 1.82) is 0 Å². The van der Waals surface area contributed by atoms with E-state index in [-0.39, 0.29) is 42.6 Å². The van der Waals surface area contributed by atoms with Crippen LogP contribution in [0.2, 0.25) is 0 Å². The number of nitrogens with one attached hydrogen (secondary N) is 3. The lowest BCUT2D eigenvalue weighted by atomic mass is 9.83. The van der Waals surface area contributed by atoms with E-state index in [0.717, 1.165) is 42.1 Å². The Balaban J connectivity index is 1.56. The minimum atomic E-state index is -0.689. The molecule has 2 aliphatic rings. The van der Waals surface area contributed by atoms with Crippen molar-refractivity contribution in [3.05, 3.63) is 46.7 Å². The van der Waals surface area contributed by atoms with Gasteiger partial charge in [-0.3, -0.25) is 19.2 Å². The second-order valence-electron chi connectivity index (χ2n) is 9.08. The van der Waals surface area contributed by atoms with Gasteiger partial charge in [-0.1, -0.05) is 47.3 Å². The highest BCUT2D eigenvalue weighted by Crippen LogP contribution is 2.26. The minimum Gasteiger partial charge on any atom is -0.345 e. The first-order chi connectivity index (χ1) is 16.8. The molecule has 1 heterocycles. The largest absolute Gasteiger partial charge is 0.345 e. The van der Waals surface area contributed by atoms with E-state index in [1.807, 2.05) is 24.3 Å². The highest BCUT2D eigenvalue weighted by molar-refractivity contribution is 9.10. The van der Waals surface area contributed by atoms with Gasteiger partial charge >= 0.3 is 0 Å². The number of benzene rings is 1. The molecule has 3 rings (SSSR count). The first-order valence-electron chi connectivity index (χ1n) is 12.1. The van der Waals surface area contributed by atoms with Crippen molar-refractivity contribution >= 4 is 39.6 Å². The zero-order chi connectivity index (χ0) is 25.4. The average molecular weight is 548 g/mol. The van der Waals surface area contributed by atoms with Gasteiger partial charge in [0, 0.05) is 16.9 Å². The van der Waals surface area contributed by atoms with Gasteiger partial charge in [0.25, 0.3) is 0 Å². The molecule has 1 aromatic rings. The van der Waals surface area contributed by atoms with Crippen molar-refractivity contribution < 1.29 is 19.2 Å². The number of amides is 4. The zero-order valence-corrected chi connectivity index (χ0v) is 21.8. The van der Waals surface area contributed by atoms with E-state index in [1.165, 1.54) is 4.90 Å².